The largest absolute Gasteiger partial charge is 0.352 e. The molecule has 2 amide bonds. The molecule has 1 aliphatic carbocycles. The zero-order valence-electron chi connectivity index (χ0n) is 17.6. The minimum atomic E-state index is -0.509. The molecule has 0 aromatic heterocycles. The molecule has 1 saturated carbocycles. The molecular formula is C25H32N2O2. The maximum Gasteiger partial charge on any atom is 0.243 e. The van der Waals surface area contributed by atoms with Crippen molar-refractivity contribution in [3.8, 4) is 0 Å². The van der Waals surface area contributed by atoms with Gasteiger partial charge >= 0.3 is 0 Å². The first-order chi connectivity index (χ1) is 14.1. The summed E-state index contributed by atoms with van der Waals surface area (Å²) >= 11 is 0. The Morgan fingerprint density at radius 1 is 1.03 bits per heavy atom. The number of carbonyl (C=O) groups excluding carboxylic acids is 2. The lowest BCUT2D eigenvalue weighted by atomic mass is 10.0. The highest BCUT2D eigenvalue weighted by Gasteiger charge is 2.31. The fourth-order valence-corrected chi connectivity index (χ4v) is 4.10. The summed E-state index contributed by atoms with van der Waals surface area (Å²) in [5.74, 6) is -0.0214. The average Bonchev–Trinajstić information content (AvgIpc) is 3.25. The predicted octanol–water partition coefficient (Wildman–Crippen LogP) is 4.40. The Morgan fingerprint density at radius 2 is 1.69 bits per heavy atom. The molecule has 0 spiro atoms. The van der Waals surface area contributed by atoms with E-state index in [1.165, 1.54) is 0 Å². The van der Waals surface area contributed by atoms with E-state index in [1.54, 1.807) is 4.90 Å². The average molecular weight is 393 g/mol. The second-order valence-electron chi connectivity index (χ2n) is 8.00. The van der Waals surface area contributed by atoms with Gasteiger partial charge in [-0.25, -0.2) is 0 Å². The van der Waals surface area contributed by atoms with E-state index in [0.29, 0.717) is 19.4 Å². The van der Waals surface area contributed by atoms with Gasteiger partial charge in [0, 0.05) is 25.4 Å². The summed E-state index contributed by atoms with van der Waals surface area (Å²) in [7, 11) is 0. The molecule has 4 heteroatoms. The van der Waals surface area contributed by atoms with Gasteiger partial charge < -0.3 is 10.2 Å². The van der Waals surface area contributed by atoms with E-state index < -0.39 is 6.04 Å². The molecule has 154 valence electrons. The van der Waals surface area contributed by atoms with Crippen molar-refractivity contribution in [1.82, 2.24) is 10.2 Å². The van der Waals surface area contributed by atoms with E-state index >= 15 is 0 Å². The van der Waals surface area contributed by atoms with Crippen LogP contribution < -0.4 is 5.32 Å². The van der Waals surface area contributed by atoms with Crippen molar-refractivity contribution in [2.24, 2.45) is 0 Å². The van der Waals surface area contributed by atoms with Crippen LogP contribution in [0.4, 0.5) is 0 Å². The van der Waals surface area contributed by atoms with Gasteiger partial charge in [0.05, 0.1) is 0 Å². The second kappa shape index (κ2) is 10.2. The zero-order chi connectivity index (χ0) is 20.6. The third-order valence-corrected chi connectivity index (χ3v) is 5.88. The Kier molecular flexibility index (Phi) is 7.45. The molecule has 0 radical (unpaired) electrons. The van der Waals surface area contributed by atoms with Gasteiger partial charge in [-0.05, 0) is 36.5 Å². The Bertz CT molecular complexity index is 813. The van der Waals surface area contributed by atoms with Crippen LogP contribution in [0.5, 0.6) is 0 Å². The number of nitrogens with one attached hydrogen (secondary N) is 1. The molecule has 0 saturated heterocycles. The second-order valence-corrected chi connectivity index (χ2v) is 8.00. The zero-order valence-corrected chi connectivity index (χ0v) is 17.6. The van der Waals surface area contributed by atoms with Crippen LogP contribution in [-0.2, 0) is 22.6 Å². The van der Waals surface area contributed by atoms with E-state index in [0.717, 1.165) is 42.4 Å². The highest BCUT2D eigenvalue weighted by Crippen LogP contribution is 2.21. The summed E-state index contributed by atoms with van der Waals surface area (Å²) in [6.45, 7) is 4.37. The van der Waals surface area contributed by atoms with E-state index in [-0.39, 0.29) is 17.9 Å². The molecule has 0 unspecified atom stereocenters. The molecule has 2 aromatic carbocycles. The van der Waals surface area contributed by atoms with Gasteiger partial charge in [0.1, 0.15) is 6.04 Å². The first kappa shape index (κ1) is 21.1. The maximum absolute atomic E-state index is 13.3. The molecule has 1 atom stereocenters. The lowest BCUT2D eigenvalue weighted by Gasteiger charge is -2.32. The summed E-state index contributed by atoms with van der Waals surface area (Å²) in [5, 5.41) is 3.23. The number of carbonyl (C=O) groups is 2. The third kappa shape index (κ3) is 5.69. The van der Waals surface area contributed by atoms with E-state index in [9.17, 15) is 9.59 Å². The molecule has 2 aromatic rings. The number of nitrogens with zero attached hydrogens (tertiary/aromatic N) is 1. The molecular weight excluding hydrogens is 360 g/mol. The van der Waals surface area contributed by atoms with Crippen LogP contribution in [0.1, 0.15) is 55.7 Å². The van der Waals surface area contributed by atoms with Gasteiger partial charge in [-0.1, -0.05) is 74.4 Å². The van der Waals surface area contributed by atoms with Crippen molar-refractivity contribution in [1.29, 1.82) is 0 Å². The van der Waals surface area contributed by atoms with Gasteiger partial charge in [-0.3, -0.25) is 9.59 Å². The van der Waals surface area contributed by atoms with E-state index in [2.05, 4.69) is 18.3 Å². The van der Waals surface area contributed by atoms with Crippen LogP contribution in [0.3, 0.4) is 0 Å². The number of hydrogen-bond acceptors (Lipinski definition) is 2. The SMILES string of the molecule is CCC(=O)N(Cc1ccccc1C)[C@@H](Cc1ccccc1)C(=O)NC1CCCC1. The number of amides is 2. The van der Waals surface area contributed by atoms with Gasteiger partial charge in [0.15, 0.2) is 0 Å². The van der Waals surface area contributed by atoms with E-state index in [4.69, 9.17) is 0 Å². The highest BCUT2D eigenvalue weighted by molar-refractivity contribution is 5.88. The molecule has 29 heavy (non-hydrogen) atoms. The maximum atomic E-state index is 13.3. The van der Waals surface area contributed by atoms with Crippen LogP contribution in [0, 0.1) is 6.92 Å². The fraction of sp³-hybridized carbons (Fsp3) is 0.440. The normalized spacial score (nSPS) is 15.1. The van der Waals surface area contributed by atoms with Crippen molar-refractivity contribution in [3.63, 3.8) is 0 Å². The van der Waals surface area contributed by atoms with Crippen molar-refractivity contribution in [2.75, 3.05) is 0 Å². The molecule has 0 aliphatic heterocycles. The number of benzene rings is 2. The quantitative estimate of drug-likeness (QED) is 0.724. The summed E-state index contributed by atoms with van der Waals surface area (Å²) in [6, 6.07) is 17.8. The summed E-state index contributed by atoms with van der Waals surface area (Å²) in [4.78, 5) is 28.1. The minimum Gasteiger partial charge on any atom is -0.352 e. The number of aryl methyl sites for hydroxylation is 1. The van der Waals surface area contributed by atoms with Crippen LogP contribution in [0.15, 0.2) is 54.6 Å². The smallest absolute Gasteiger partial charge is 0.243 e. The van der Waals surface area contributed by atoms with Crippen LogP contribution in [0.25, 0.3) is 0 Å². The highest BCUT2D eigenvalue weighted by atomic mass is 16.2. The first-order valence-corrected chi connectivity index (χ1v) is 10.8. The van der Waals surface area contributed by atoms with Crippen LogP contribution in [-0.4, -0.2) is 28.8 Å². The van der Waals surface area contributed by atoms with Crippen LogP contribution in [0.2, 0.25) is 0 Å². The minimum absolute atomic E-state index is 0.00996. The Balaban J connectivity index is 1.88. The standard InChI is InChI=1S/C25H32N2O2/c1-3-24(28)27(18-21-14-8-7-11-19(21)2)23(17-20-12-5-4-6-13-20)25(29)26-22-15-9-10-16-22/h4-8,11-14,22-23H,3,9-10,15-18H2,1-2H3,(H,26,29)/t23-/m0/s1. The van der Waals surface area contributed by atoms with Crippen molar-refractivity contribution < 1.29 is 9.59 Å². The summed E-state index contributed by atoms with van der Waals surface area (Å²) in [5.41, 5.74) is 3.29. The van der Waals surface area contributed by atoms with Gasteiger partial charge in [-0.15, -0.1) is 0 Å². The Morgan fingerprint density at radius 3 is 2.34 bits per heavy atom. The van der Waals surface area contributed by atoms with Gasteiger partial charge in [0.2, 0.25) is 11.8 Å². The first-order valence-electron chi connectivity index (χ1n) is 10.8. The molecule has 4 nitrogen and oxygen atoms in total. The Hall–Kier alpha value is -2.62. The number of rotatable bonds is 8. The molecule has 1 N–H and O–H groups in total. The molecule has 1 aliphatic rings. The fourth-order valence-electron chi connectivity index (χ4n) is 4.10. The summed E-state index contributed by atoms with van der Waals surface area (Å²) in [6.07, 6.45) is 5.29. The van der Waals surface area contributed by atoms with E-state index in [1.807, 2.05) is 55.5 Å². The van der Waals surface area contributed by atoms with Crippen molar-refractivity contribution in [2.45, 2.75) is 71.0 Å². The predicted molar refractivity (Wildman–Crippen MR) is 116 cm³/mol. The lowest BCUT2D eigenvalue weighted by molar-refractivity contribution is -0.141. The van der Waals surface area contributed by atoms with Crippen molar-refractivity contribution in [3.05, 3.63) is 71.3 Å². The topological polar surface area (TPSA) is 49.4 Å². The number of hydrogen-bond donors (Lipinski definition) is 1. The Labute approximate surface area is 174 Å². The molecule has 1 fully saturated rings. The summed E-state index contributed by atoms with van der Waals surface area (Å²) < 4.78 is 0. The van der Waals surface area contributed by atoms with Gasteiger partial charge in [-0.2, -0.15) is 0 Å². The molecule has 3 rings (SSSR count). The van der Waals surface area contributed by atoms with Crippen molar-refractivity contribution >= 4 is 11.8 Å². The molecule has 0 heterocycles. The third-order valence-electron chi connectivity index (χ3n) is 5.88. The van der Waals surface area contributed by atoms with Gasteiger partial charge in [0.25, 0.3) is 0 Å². The molecule has 0 bridgehead atoms. The monoisotopic (exact) mass is 392 g/mol. The van der Waals surface area contributed by atoms with Crippen LogP contribution >= 0.6 is 0 Å². The lowest BCUT2D eigenvalue weighted by Crippen LogP contribution is -2.52.